The van der Waals surface area contributed by atoms with Gasteiger partial charge in [-0.1, -0.05) is 18.2 Å². The van der Waals surface area contributed by atoms with Crippen LogP contribution in [0.3, 0.4) is 0 Å². The molecule has 0 unspecified atom stereocenters. The minimum absolute atomic E-state index is 0.196. The molecule has 5 nitrogen and oxygen atoms in total. The van der Waals surface area contributed by atoms with E-state index in [0.29, 0.717) is 12.4 Å². The van der Waals surface area contributed by atoms with Crippen molar-refractivity contribution in [1.29, 1.82) is 0 Å². The molecule has 0 radical (unpaired) electrons. The highest BCUT2D eigenvalue weighted by atomic mass is 32.2. The molecule has 2 rings (SSSR count). The van der Waals surface area contributed by atoms with Crippen molar-refractivity contribution >= 4 is 21.8 Å². The Morgan fingerprint density at radius 3 is 2.52 bits per heavy atom. The van der Waals surface area contributed by atoms with Crippen molar-refractivity contribution in [1.82, 2.24) is 9.29 Å². The molecule has 0 bridgehead atoms. The van der Waals surface area contributed by atoms with Crippen LogP contribution >= 0.6 is 11.8 Å². The zero-order valence-corrected chi connectivity index (χ0v) is 15.0. The molecular formula is C16H20N2O3S2. The molecule has 0 aliphatic rings. The Balaban J connectivity index is 2.08. The van der Waals surface area contributed by atoms with Crippen LogP contribution < -0.4 is 4.74 Å². The molecule has 0 atom stereocenters. The Labute approximate surface area is 141 Å². The second kappa shape index (κ2) is 7.81. The number of hydrogen-bond donors (Lipinski definition) is 0. The van der Waals surface area contributed by atoms with Crippen LogP contribution in [0.2, 0.25) is 0 Å². The molecule has 7 heteroatoms. The van der Waals surface area contributed by atoms with E-state index < -0.39 is 10.0 Å². The van der Waals surface area contributed by atoms with E-state index in [4.69, 9.17) is 4.74 Å². The van der Waals surface area contributed by atoms with Crippen LogP contribution in [0.5, 0.6) is 5.75 Å². The topological polar surface area (TPSA) is 59.5 Å². The molecule has 0 N–H and O–H groups in total. The van der Waals surface area contributed by atoms with Crippen LogP contribution in [0.15, 0.2) is 52.5 Å². The third-order valence-electron chi connectivity index (χ3n) is 3.14. The first-order chi connectivity index (χ1) is 10.9. The van der Waals surface area contributed by atoms with Gasteiger partial charge in [-0.05, 0) is 25.1 Å². The van der Waals surface area contributed by atoms with Crippen molar-refractivity contribution in [2.45, 2.75) is 22.6 Å². The van der Waals surface area contributed by atoms with Gasteiger partial charge in [-0.15, -0.1) is 11.8 Å². The van der Waals surface area contributed by atoms with Crippen LogP contribution in [0.1, 0.15) is 12.5 Å². The third-order valence-corrected chi connectivity index (χ3v) is 5.93. The van der Waals surface area contributed by atoms with Gasteiger partial charge in [0.2, 0.25) is 10.0 Å². The molecule has 124 valence electrons. The van der Waals surface area contributed by atoms with Gasteiger partial charge in [-0.3, -0.25) is 0 Å². The maximum absolute atomic E-state index is 12.0. The summed E-state index contributed by atoms with van der Waals surface area (Å²) >= 11 is 1.54. The van der Waals surface area contributed by atoms with E-state index in [9.17, 15) is 8.42 Å². The van der Waals surface area contributed by atoms with Crippen LogP contribution in [0, 0.1) is 0 Å². The molecule has 0 aliphatic heterocycles. The summed E-state index contributed by atoms with van der Waals surface area (Å²) in [4.78, 5) is 4.43. The fourth-order valence-corrected chi connectivity index (χ4v) is 3.57. The summed E-state index contributed by atoms with van der Waals surface area (Å²) in [6.07, 6.45) is 1.39. The lowest BCUT2D eigenvalue weighted by atomic mass is 10.2. The van der Waals surface area contributed by atoms with Gasteiger partial charge >= 0.3 is 0 Å². The Bertz CT molecular complexity index is 744. The van der Waals surface area contributed by atoms with Crippen LogP contribution in [0.4, 0.5) is 0 Å². The number of sulfonamides is 1. The highest BCUT2D eigenvalue weighted by Crippen LogP contribution is 2.27. The quantitative estimate of drug-likeness (QED) is 0.717. The number of thioether (sulfide) groups is 1. The maximum Gasteiger partial charge on any atom is 0.244 e. The van der Waals surface area contributed by atoms with E-state index >= 15 is 0 Å². The molecule has 0 saturated heterocycles. The Morgan fingerprint density at radius 2 is 1.91 bits per heavy atom. The van der Waals surface area contributed by atoms with Gasteiger partial charge in [0.15, 0.2) is 0 Å². The molecule has 23 heavy (non-hydrogen) atoms. The zero-order chi connectivity index (χ0) is 16.9. The normalized spacial score (nSPS) is 11.7. The van der Waals surface area contributed by atoms with Gasteiger partial charge in [0, 0.05) is 31.6 Å². The average molecular weight is 352 g/mol. The van der Waals surface area contributed by atoms with E-state index in [1.165, 1.54) is 24.6 Å². The SMILES string of the molecule is CCOc1ccccc1CSc1ccc(S(=O)(=O)N(C)C)cn1. The van der Waals surface area contributed by atoms with Crippen molar-refractivity contribution in [3.63, 3.8) is 0 Å². The summed E-state index contributed by atoms with van der Waals surface area (Å²) in [6.45, 7) is 2.58. The molecule has 0 amide bonds. The zero-order valence-electron chi connectivity index (χ0n) is 13.4. The van der Waals surface area contributed by atoms with Crippen LogP contribution in [-0.2, 0) is 15.8 Å². The number of benzene rings is 1. The Morgan fingerprint density at radius 1 is 1.17 bits per heavy atom. The molecule has 2 aromatic rings. The van der Waals surface area contributed by atoms with E-state index in [1.54, 1.807) is 23.9 Å². The summed E-state index contributed by atoms with van der Waals surface area (Å²) < 4.78 is 30.8. The second-order valence-corrected chi connectivity index (χ2v) is 8.10. The van der Waals surface area contributed by atoms with Gasteiger partial charge < -0.3 is 4.74 Å². The number of rotatable bonds is 7. The number of ether oxygens (including phenoxy) is 1. The molecule has 0 saturated carbocycles. The monoisotopic (exact) mass is 352 g/mol. The van der Waals surface area contributed by atoms with Crippen molar-refractivity contribution < 1.29 is 13.2 Å². The minimum Gasteiger partial charge on any atom is -0.494 e. The summed E-state index contributed by atoms with van der Waals surface area (Å²) in [6, 6.07) is 11.2. The second-order valence-electron chi connectivity index (χ2n) is 4.95. The number of hydrogen-bond acceptors (Lipinski definition) is 5. The standard InChI is InChI=1S/C16H20N2O3S2/c1-4-21-15-8-6-5-7-13(15)12-22-16-10-9-14(11-17-16)23(19,20)18(2)3/h5-11H,4,12H2,1-3H3. The smallest absolute Gasteiger partial charge is 0.244 e. The first kappa shape index (κ1) is 17.8. The van der Waals surface area contributed by atoms with E-state index in [2.05, 4.69) is 4.98 Å². The Kier molecular flexibility index (Phi) is 6.04. The minimum atomic E-state index is -3.43. The molecule has 0 spiro atoms. The predicted molar refractivity (Wildman–Crippen MR) is 92.3 cm³/mol. The molecular weight excluding hydrogens is 332 g/mol. The highest BCUT2D eigenvalue weighted by Gasteiger charge is 2.17. The largest absolute Gasteiger partial charge is 0.494 e. The lowest BCUT2D eigenvalue weighted by Gasteiger charge is -2.11. The highest BCUT2D eigenvalue weighted by molar-refractivity contribution is 7.98. The van der Waals surface area contributed by atoms with Gasteiger partial charge in [0.1, 0.15) is 10.6 Å². The number of pyridine rings is 1. The number of aromatic nitrogens is 1. The van der Waals surface area contributed by atoms with E-state index in [-0.39, 0.29) is 4.90 Å². The number of para-hydroxylation sites is 1. The summed E-state index contributed by atoms with van der Waals surface area (Å²) in [5.74, 6) is 1.58. The lowest BCUT2D eigenvalue weighted by Crippen LogP contribution is -2.22. The fraction of sp³-hybridized carbons (Fsp3) is 0.312. The summed E-state index contributed by atoms with van der Waals surface area (Å²) in [7, 11) is -0.428. The first-order valence-electron chi connectivity index (χ1n) is 7.17. The predicted octanol–water partition coefficient (Wildman–Crippen LogP) is 3.02. The summed E-state index contributed by atoms with van der Waals surface area (Å²) in [5, 5.41) is 0.772. The lowest BCUT2D eigenvalue weighted by molar-refractivity contribution is 0.337. The van der Waals surface area contributed by atoms with Gasteiger partial charge in [0.05, 0.1) is 11.6 Å². The number of nitrogens with zero attached hydrogens (tertiary/aromatic N) is 2. The molecule has 1 aromatic heterocycles. The fourth-order valence-electron chi connectivity index (χ4n) is 1.89. The summed E-state index contributed by atoms with van der Waals surface area (Å²) in [5.41, 5.74) is 1.09. The molecule has 0 aliphatic carbocycles. The van der Waals surface area contributed by atoms with Crippen molar-refractivity contribution in [2.75, 3.05) is 20.7 Å². The van der Waals surface area contributed by atoms with Crippen LogP contribution in [-0.4, -0.2) is 38.4 Å². The molecule has 0 fully saturated rings. The van der Waals surface area contributed by atoms with Crippen molar-refractivity contribution in [3.05, 3.63) is 48.2 Å². The maximum atomic E-state index is 12.0. The average Bonchev–Trinajstić information content (AvgIpc) is 2.54. The van der Waals surface area contributed by atoms with Gasteiger partial charge in [-0.25, -0.2) is 17.7 Å². The first-order valence-corrected chi connectivity index (χ1v) is 9.59. The van der Waals surface area contributed by atoms with E-state index in [0.717, 1.165) is 16.3 Å². The third kappa shape index (κ3) is 4.46. The van der Waals surface area contributed by atoms with E-state index in [1.807, 2.05) is 31.2 Å². The molecule has 1 aromatic carbocycles. The van der Waals surface area contributed by atoms with Crippen LogP contribution in [0.25, 0.3) is 0 Å². The molecule has 1 heterocycles. The van der Waals surface area contributed by atoms with Crippen molar-refractivity contribution in [3.8, 4) is 5.75 Å². The van der Waals surface area contributed by atoms with Gasteiger partial charge in [-0.2, -0.15) is 0 Å². The Hall–Kier alpha value is -1.57. The van der Waals surface area contributed by atoms with Gasteiger partial charge in [0.25, 0.3) is 0 Å². The van der Waals surface area contributed by atoms with Crippen molar-refractivity contribution in [2.24, 2.45) is 0 Å².